The van der Waals surface area contributed by atoms with E-state index in [1.165, 1.54) is 0 Å². The zero-order valence-electron chi connectivity index (χ0n) is 11.8. The Hall–Kier alpha value is -1.27. The normalized spacial score (nSPS) is 25.3. The SMILES string of the molecule is CN1C(=CC(=O)C[C@H]2CCS(=O)(=O)C2)Sc2ccccc21. The summed E-state index contributed by atoms with van der Waals surface area (Å²) in [6, 6.07) is 8.01. The van der Waals surface area contributed by atoms with E-state index in [4.69, 9.17) is 0 Å². The molecular formula is C15H17NO3S2. The molecule has 2 heterocycles. The molecule has 21 heavy (non-hydrogen) atoms. The average molecular weight is 323 g/mol. The molecule has 6 heteroatoms. The van der Waals surface area contributed by atoms with Gasteiger partial charge in [0.25, 0.3) is 0 Å². The molecule has 0 aromatic heterocycles. The molecule has 0 radical (unpaired) electrons. The predicted molar refractivity (Wildman–Crippen MR) is 85.2 cm³/mol. The largest absolute Gasteiger partial charge is 0.338 e. The van der Waals surface area contributed by atoms with Crippen LogP contribution in [0.1, 0.15) is 12.8 Å². The number of benzene rings is 1. The molecule has 3 rings (SSSR count). The Bertz CT molecular complexity index is 709. The molecule has 4 nitrogen and oxygen atoms in total. The van der Waals surface area contributed by atoms with E-state index in [1.54, 1.807) is 17.8 Å². The lowest BCUT2D eigenvalue weighted by Gasteiger charge is -2.13. The second kappa shape index (κ2) is 5.50. The third-order valence-corrected chi connectivity index (χ3v) is 6.88. The molecule has 112 valence electrons. The summed E-state index contributed by atoms with van der Waals surface area (Å²) in [4.78, 5) is 15.3. The number of carbonyl (C=O) groups is 1. The molecule has 2 aliphatic rings. The maximum absolute atomic E-state index is 12.2. The second-order valence-corrected chi connectivity index (χ2v) is 8.84. The van der Waals surface area contributed by atoms with Crippen molar-refractivity contribution in [3.05, 3.63) is 35.4 Å². The van der Waals surface area contributed by atoms with Crippen molar-refractivity contribution in [2.75, 3.05) is 23.5 Å². The van der Waals surface area contributed by atoms with Crippen molar-refractivity contribution in [3.63, 3.8) is 0 Å². The number of nitrogens with zero attached hydrogens (tertiary/aromatic N) is 1. The fraction of sp³-hybridized carbons (Fsp3) is 0.400. The number of rotatable bonds is 3. The summed E-state index contributed by atoms with van der Waals surface area (Å²) in [6.07, 6.45) is 2.59. The highest BCUT2D eigenvalue weighted by atomic mass is 32.2. The molecule has 1 atom stereocenters. The molecule has 0 bridgehead atoms. The van der Waals surface area contributed by atoms with Gasteiger partial charge < -0.3 is 4.90 Å². The van der Waals surface area contributed by atoms with E-state index in [1.807, 2.05) is 36.2 Å². The molecule has 0 saturated carbocycles. The van der Waals surface area contributed by atoms with Gasteiger partial charge in [0, 0.05) is 24.4 Å². The van der Waals surface area contributed by atoms with Crippen LogP contribution in [0.2, 0.25) is 0 Å². The molecule has 0 N–H and O–H groups in total. The summed E-state index contributed by atoms with van der Waals surface area (Å²) < 4.78 is 22.9. The van der Waals surface area contributed by atoms with Gasteiger partial charge in [0.05, 0.1) is 22.2 Å². The Balaban J connectivity index is 1.68. The second-order valence-electron chi connectivity index (χ2n) is 5.55. The van der Waals surface area contributed by atoms with E-state index in [-0.39, 0.29) is 23.2 Å². The molecule has 1 fully saturated rings. The van der Waals surface area contributed by atoms with Crippen molar-refractivity contribution < 1.29 is 13.2 Å². The number of sulfone groups is 1. The van der Waals surface area contributed by atoms with E-state index >= 15 is 0 Å². The predicted octanol–water partition coefficient (Wildman–Crippen LogP) is 2.46. The molecule has 1 aromatic carbocycles. The molecule has 0 amide bonds. The third kappa shape index (κ3) is 3.16. The van der Waals surface area contributed by atoms with Crippen molar-refractivity contribution >= 4 is 33.1 Å². The molecule has 1 aromatic rings. The first-order chi connectivity index (χ1) is 9.94. The van der Waals surface area contributed by atoms with E-state index in [0.717, 1.165) is 15.6 Å². The minimum Gasteiger partial charge on any atom is -0.338 e. The lowest BCUT2D eigenvalue weighted by molar-refractivity contribution is -0.115. The van der Waals surface area contributed by atoms with Crippen LogP contribution < -0.4 is 4.90 Å². The summed E-state index contributed by atoms with van der Waals surface area (Å²) in [6.45, 7) is 0. The maximum Gasteiger partial charge on any atom is 0.158 e. The number of carbonyl (C=O) groups excluding carboxylic acids is 1. The summed E-state index contributed by atoms with van der Waals surface area (Å²) in [5.74, 6) is 0.380. The number of anilines is 1. The zero-order chi connectivity index (χ0) is 15.0. The van der Waals surface area contributed by atoms with Gasteiger partial charge in [-0.05, 0) is 24.5 Å². The Morgan fingerprint density at radius 1 is 1.43 bits per heavy atom. The summed E-state index contributed by atoms with van der Waals surface area (Å²) in [5, 5.41) is 0.905. The van der Waals surface area contributed by atoms with Gasteiger partial charge in [-0.2, -0.15) is 0 Å². The van der Waals surface area contributed by atoms with Gasteiger partial charge in [-0.1, -0.05) is 23.9 Å². The van der Waals surface area contributed by atoms with E-state index < -0.39 is 9.84 Å². The smallest absolute Gasteiger partial charge is 0.158 e. The molecule has 1 saturated heterocycles. The fourth-order valence-corrected chi connectivity index (χ4v) is 5.73. The quantitative estimate of drug-likeness (QED) is 0.800. The van der Waals surface area contributed by atoms with E-state index in [0.29, 0.717) is 12.8 Å². The number of fused-ring (bicyclic) bond motifs is 1. The first kappa shape index (κ1) is 14.7. The number of allylic oxidation sites excluding steroid dienone is 1. The van der Waals surface area contributed by atoms with Crippen molar-refractivity contribution in [3.8, 4) is 0 Å². The monoisotopic (exact) mass is 323 g/mol. The Labute approximate surface area is 129 Å². The first-order valence-corrected chi connectivity index (χ1v) is 9.54. The van der Waals surface area contributed by atoms with Crippen molar-refractivity contribution in [1.82, 2.24) is 0 Å². The van der Waals surface area contributed by atoms with Crippen LogP contribution in [0.4, 0.5) is 5.69 Å². The number of thioether (sulfide) groups is 1. The Morgan fingerprint density at radius 2 is 2.19 bits per heavy atom. The molecule has 0 aliphatic carbocycles. The van der Waals surface area contributed by atoms with Crippen LogP contribution in [0.3, 0.4) is 0 Å². The Morgan fingerprint density at radius 3 is 2.86 bits per heavy atom. The van der Waals surface area contributed by atoms with Crippen LogP contribution >= 0.6 is 11.8 Å². The topological polar surface area (TPSA) is 54.5 Å². The highest BCUT2D eigenvalue weighted by Crippen LogP contribution is 2.44. The highest BCUT2D eigenvalue weighted by molar-refractivity contribution is 8.03. The third-order valence-electron chi connectivity index (χ3n) is 3.87. The van der Waals surface area contributed by atoms with Gasteiger partial charge in [0.15, 0.2) is 15.6 Å². The van der Waals surface area contributed by atoms with Crippen molar-refractivity contribution in [2.45, 2.75) is 17.7 Å². The van der Waals surface area contributed by atoms with Crippen molar-refractivity contribution in [1.29, 1.82) is 0 Å². The van der Waals surface area contributed by atoms with Crippen LogP contribution in [-0.4, -0.2) is 32.8 Å². The van der Waals surface area contributed by atoms with Crippen LogP contribution in [-0.2, 0) is 14.6 Å². The lowest BCUT2D eigenvalue weighted by atomic mass is 10.0. The van der Waals surface area contributed by atoms with Gasteiger partial charge in [-0.3, -0.25) is 4.79 Å². The number of para-hydroxylation sites is 1. The van der Waals surface area contributed by atoms with Gasteiger partial charge >= 0.3 is 0 Å². The molecule has 2 aliphatic heterocycles. The molecule has 0 spiro atoms. The van der Waals surface area contributed by atoms with Gasteiger partial charge in [-0.15, -0.1) is 0 Å². The van der Waals surface area contributed by atoms with Crippen LogP contribution in [0.5, 0.6) is 0 Å². The first-order valence-electron chi connectivity index (χ1n) is 6.90. The standard InChI is InChI=1S/C15H17NO3S2/c1-16-13-4-2-3-5-14(13)20-15(16)9-12(17)8-11-6-7-21(18,19)10-11/h2-5,9,11H,6-8,10H2,1H3/t11-/m1/s1. The summed E-state index contributed by atoms with van der Waals surface area (Å²) in [5.41, 5.74) is 1.10. The number of ketones is 1. The number of hydrogen-bond donors (Lipinski definition) is 0. The summed E-state index contributed by atoms with van der Waals surface area (Å²) >= 11 is 1.58. The number of hydrogen-bond acceptors (Lipinski definition) is 5. The van der Waals surface area contributed by atoms with Crippen LogP contribution in [0.15, 0.2) is 40.3 Å². The average Bonchev–Trinajstić information content (AvgIpc) is 2.91. The highest BCUT2D eigenvalue weighted by Gasteiger charge is 2.29. The van der Waals surface area contributed by atoms with Gasteiger partial charge in [-0.25, -0.2) is 8.42 Å². The van der Waals surface area contributed by atoms with E-state index in [2.05, 4.69) is 0 Å². The molecule has 0 unspecified atom stereocenters. The van der Waals surface area contributed by atoms with Crippen LogP contribution in [0.25, 0.3) is 0 Å². The molecular weight excluding hydrogens is 306 g/mol. The minimum atomic E-state index is -2.91. The lowest BCUT2D eigenvalue weighted by Crippen LogP contribution is -2.13. The van der Waals surface area contributed by atoms with Gasteiger partial charge in [0.2, 0.25) is 0 Å². The zero-order valence-corrected chi connectivity index (χ0v) is 13.4. The van der Waals surface area contributed by atoms with Crippen LogP contribution in [0, 0.1) is 5.92 Å². The maximum atomic E-state index is 12.2. The minimum absolute atomic E-state index is 0.0132. The van der Waals surface area contributed by atoms with Crippen molar-refractivity contribution in [2.24, 2.45) is 5.92 Å². The van der Waals surface area contributed by atoms with E-state index in [9.17, 15) is 13.2 Å². The summed E-state index contributed by atoms with van der Waals surface area (Å²) in [7, 11) is -0.969. The Kier molecular flexibility index (Phi) is 3.84. The van der Waals surface area contributed by atoms with Gasteiger partial charge in [0.1, 0.15) is 0 Å². The fourth-order valence-electron chi connectivity index (χ4n) is 2.76.